The molecule has 1 aromatic heterocycles. The minimum absolute atomic E-state index is 0.0293. The van der Waals surface area contributed by atoms with Crippen LogP contribution >= 0.6 is 11.6 Å². The summed E-state index contributed by atoms with van der Waals surface area (Å²) >= 11 is 6.32. The monoisotopic (exact) mass is 458 g/mol. The van der Waals surface area contributed by atoms with Crippen LogP contribution in [0.3, 0.4) is 0 Å². The highest BCUT2D eigenvalue weighted by molar-refractivity contribution is 6.36. The van der Waals surface area contributed by atoms with E-state index in [0.717, 1.165) is 17.5 Å². The Morgan fingerprint density at radius 2 is 2.13 bits per heavy atom. The van der Waals surface area contributed by atoms with Crippen LogP contribution in [0.25, 0.3) is 0 Å². The van der Waals surface area contributed by atoms with E-state index in [1.807, 2.05) is 0 Å². The lowest BCUT2D eigenvalue weighted by atomic mass is 9.97. The summed E-state index contributed by atoms with van der Waals surface area (Å²) in [4.78, 5) is 12.6. The van der Waals surface area contributed by atoms with Crippen LogP contribution < -0.4 is 15.4 Å². The first kappa shape index (κ1) is 21.8. The number of methoxy groups -OCH3 is 1. The van der Waals surface area contributed by atoms with Gasteiger partial charge >= 0.3 is 6.18 Å². The van der Waals surface area contributed by atoms with Crippen LogP contribution in [-0.4, -0.2) is 48.2 Å². The standard InChI is InChI=1S/C20H22ClF3N4O3/c1-30-12-6-4-11(5-7-12)14-9-15(20(22,23)24)28-18(26-14)16(21)17(27-28)19(29)25-10-13-3-2-8-31-13/h4-7,13-15,26H,2-3,8-10H2,1H3,(H,25,29)/t13-,14+,15-/m0/s1. The van der Waals surface area contributed by atoms with Gasteiger partial charge in [0, 0.05) is 19.6 Å². The first-order chi connectivity index (χ1) is 14.8. The molecule has 0 aliphatic carbocycles. The Morgan fingerprint density at radius 1 is 1.39 bits per heavy atom. The van der Waals surface area contributed by atoms with Crippen molar-refractivity contribution in [1.29, 1.82) is 0 Å². The molecule has 4 rings (SSSR count). The lowest BCUT2D eigenvalue weighted by Crippen LogP contribution is -2.36. The van der Waals surface area contributed by atoms with Gasteiger partial charge in [-0.25, -0.2) is 4.68 Å². The summed E-state index contributed by atoms with van der Waals surface area (Å²) in [6.45, 7) is 0.881. The molecule has 2 aliphatic heterocycles. The van der Waals surface area contributed by atoms with Crippen molar-refractivity contribution in [3.05, 3.63) is 40.5 Å². The van der Waals surface area contributed by atoms with E-state index in [1.165, 1.54) is 7.11 Å². The zero-order valence-electron chi connectivity index (χ0n) is 16.7. The number of amides is 1. The number of hydrogen-bond donors (Lipinski definition) is 2. The molecule has 0 unspecified atom stereocenters. The third-order valence-electron chi connectivity index (χ3n) is 5.54. The molecule has 0 bridgehead atoms. The Hall–Kier alpha value is -2.46. The van der Waals surface area contributed by atoms with Crippen molar-refractivity contribution in [2.75, 3.05) is 25.6 Å². The lowest BCUT2D eigenvalue weighted by Gasteiger charge is -2.33. The normalized spacial score (nSPS) is 23.2. The SMILES string of the molecule is COc1ccc([C@H]2C[C@@H](C(F)(F)F)n3nc(C(=O)NC[C@@H]4CCCO4)c(Cl)c3N2)cc1. The molecule has 2 aliphatic rings. The van der Waals surface area contributed by atoms with E-state index in [1.54, 1.807) is 24.3 Å². The van der Waals surface area contributed by atoms with Gasteiger partial charge in [0.2, 0.25) is 0 Å². The number of hydrogen-bond acceptors (Lipinski definition) is 5. The van der Waals surface area contributed by atoms with E-state index in [2.05, 4.69) is 15.7 Å². The number of nitrogens with one attached hydrogen (secondary N) is 2. The second-order valence-electron chi connectivity index (χ2n) is 7.56. The van der Waals surface area contributed by atoms with Crippen LogP contribution in [0, 0.1) is 0 Å². The van der Waals surface area contributed by atoms with Gasteiger partial charge in [0.15, 0.2) is 11.7 Å². The fourth-order valence-electron chi connectivity index (χ4n) is 3.89. The van der Waals surface area contributed by atoms with E-state index >= 15 is 0 Å². The maximum Gasteiger partial charge on any atom is 0.410 e. The summed E-state index contributed by atoms with van der Waals surface area (Å²) in [5, 5.41) is 9.46. The second-order valence-corrected chi connectivity index (χ2v) is 7.94. The number of nitrogens with zero attached hydrogens (tertiary/aromatic N) is 2. The van der Waals surface area contributed by atoms with Gasteiger partial charge in [-0.2, -0.15) is 18.3 Å². The van der Waals surface area contributed by atoms with Gasteiger partial charge < -0.3 is 20.1 Å². The summed E-state index contributed by atoms with van der Waals surface area (Å²) in [5.41, 5.74) is 0.398. The Morgan fingerprint density at radius 3 is 2.74 bits per heavy atom. The minimum atomic E-state index is -4.57. The van der Waals surface area contributed by atoms with Crippen molar-refractivity contribution in [2.24, 2.45) is 0 Å². The van der Waals surface area contributed by atoms with Gasteiger partial charge in [0.1, 0.15) is 16.6 Å². The number of carbonyl (C=O) groups is 1. The van der Waals surface area contributed by atoms with Crippen LogP contribution in [0.2, 0.25) is 5.02 Å². The van der Waals surface area contributed by atoms with Crippen LogP contribution in [-0.2, 0) is 4.74 Å². The molecule has 7 nitrogen and oxygen atoms in total. The average Bonchev–Trinajstić information content (AvgIpc) is 3.39. The van der Waals surface area contributed by atoms with Gasteiger partial charge in [-0.05, 0) is 30.5 Å². The number of ether oxygens (including phenoxy) is 2. The first-order valence-corrected chi connectivity index (χ1v) is 10.3. The quantitative estimate of drug-likeness (QED) is 0.705. The zero-order valence-corrected chi connectivity index (χ0v) is 17.5. The fraction of sp³-hybridized carbons (Fsp3) is 0.500. The maximum atomic E-state index is 13.9. The summed E-state index contributed by atoms with van der Waals surface area (Å²) in [6.07, 6.45) is -3.25. The summed E-state index contributed by atoms with van der Waals surface area (Å²) in [5.74, 6) is -0.0651. The average molecular weight is 459 g/mol. The maximum absolute atomic E-state index is 13.9. The highest BCUT2D eigenvalue weighted by Crippen LogP contribution is 2.46. The molecule has 2 aromatic rings. The number of anilines is 1. The number of benzene rings is 1. The van der Waals surface area contributed by atoms with Crippen molar-refractivity contribution in [3.8, 4) is 5.75 Å². The highest BCUT2D eigenvalue weighted by Gasteiger charge is 2.47. The van der Waals surface area contributed by atoms with Crippen LogP contribution in [0.4, 0.5) is 19.0 Å². The molecule has 2 N–H and O–H groups in total. The Balaban J connectivity index is 1.61. The number of fused-ring (bicyclic) bond motifs is 1. The van der Waals surface area contributed by atoms with Crippen molar-refractivity contribution in [1.82, 2.24) is 15.1 Å². The molecule has 1 fully saturated rings. The van der Waals surface area contributed by atoms with E-state index in [0.29, 0.717) is 17.9 Å². The van der Waals surface area contributed by atoms with Crippen molar-refractivity contribution in [2.45, 2.75) is 43.6 Å². The highest BCUT2D eigenvalue weighted by atomic mass is 35.5. The second kappa shape index (κ2) is 8.58. The van der Waals surface area contributed by atoms with Gasteiger partial charge in [-0.3, -0.25) is 4.79 Å². The van der Waals surface area contributed by atoms with E-state index in [4.69, 9.17) is 21.1 Å². The molecule has 0 saturated carbocycles. The molecule has 11 heteroatoms. The first-order valence-electron chi connectivity index (χ1n) is 9.93. The zero-order chi connectivity index (χ0) is 22.2. The van der Waals surface area contributed by atoms with Gasteiger partial charge in [-0.15, -0.1) is 0 Å². The Bertz CT molecular complexity index is 942. The molecule has 1 aromatic carbocycles. The molecule has 3 atom stereocenters. The van der Waals surface area contributed by atoms with E-state index in [9.17, 15) is 18.0 Å². The molecule has 1 amide bonds. The van der Waals surface area contributed by atoms with Crippen LogP contribution in [0.15, 0.2) is 24.3 Å². The third-order valence-corrected chi connectivity index (χ3v) is 5.90. The molecule has 3 heterocycles. The molecule has 168 valence electrons. The molecular weight excluding hydrogens is 437 g/mol. The topological polar surface area (TPSA) is 77.4 Å². The number of rotatable bonds is 5. The van der Waals surface area contributed by atoms with Crippen LogP contribution in [0.5, 0.6) is 5.75 Å². The smallest absolute Gasteiger partial charge is 0.410 e. The van der Waals surface area contributed by atoms with E-state index < -0.39 is 24.2 Å². The van der Waals surface area contributed by atoms with Gasteiger partial charge in [0.05, 0.1) is 19.3 Å². The largest absolute Gasteiger partial charge is 0.497 e. The number of carbonyl (C=O) groups excluding carboxylic acids is 1. The Labute approximate surface area is 181 Å². The molecule has 0 spiro atoms. The third kappa shape index (κ3) is 4.45. The number of aromatic nitrogens is 2. The van der Waals surface area contributed by atoms with Crippen molar-refractivity contribution in [3.63, 3.8) is 0 Å². The Kier molecular flexibility index (Phi) is 6.02. The molecule has 31 heavy (non-hydrogen) atoms. The molecule has 0 radical (unpaired) electrons. The molecular formula is C20H22ClF3N4O3. The van der Waals surface area contributed by atoms with Gasteiger partial charge in [0.25, 0.3) is 5.91 Å². The van der Waals surface area contributed by atoms with Crippen molar-refractivity contribution < 1.29 is 27.4 Å². The predicted molar refractivity (Wildman–Crippen MR) is 108 cm³/mol. The number of alkyl halides is 3. The predicted octanol–water partition coefficient (Wildman–Crippen LogP) is 4.11. The summed E-state index contributed by atoms with van der Waals surface area (Å²) in [6, 6.07) is 4.15. The van der Waals surface area contributed by atoms with Gasteiger partial charge in [-0.1, -0.05) is 23.7 Å². The minimum Gasteiger partial charge on any atom is -0.497 e. The number of halogens is 4. The summed E-state index contributed by atoms with van der Waals surface area (Å²) < 4.78 is 52.9. The van der Waals surface area contributed by atoms with Crippen molar-refractivity contribution >= 4 is 23.3 Å². The molecule has 1 saturated heterocycles. The lowest BCUT2D eigenvalue weighted by molar-refractivity contribution is -0.173. The summed E-state index contributed by atoms with van der Waals surface area (Å²) in [7, 11) is 1.51. The van der Waals surface area contributed by atoms with E-state index in [-0.39, 0.29) is 35.6 Å². The fourth-order valence-corrected chi connectivity index (χ4v) is 4.15. The van der Waals surface area contributed by atoms with Crippen LogP contribution in [0.1, 0.15) is 47.4 Å².